The van der Waals surface area contributed by atoms with Crippen LogP contribution < -0.4 is 21.7 Å². The highest BCUT2D eigenvalue weighted by Crippen LogP contribution is 2.34. The Hall–Kier alpha value is -5.79. The van der Waals surface area contributed by atoms with Crippen LogP contribution in [-0.4, -0.2) is 99.3 Å². The summed E-state index contributed by atoms with van der Waals surface area (Å²) in [6.45, 7) is 26.2. The fraction of sp³-hybridized carbons (Fsp3) is 0.549. The second-order valence-electron chi connectivity index (χ2n) is 20.5. The monoisotopic (exact) mass is 955 g/mol. The minimum Gasteiger partial charge on any atom is -0.444 e. The van der Waals surface area contributed by atoms with Gasteiger partial charge in [-0.05, 0) is 99.1 Å². The standard InChI is InChI=1S/C28H41N5O5.C23H33N5O3/c1-9-37-15-21-31-22-23(33(21)16-28(7,8)36)18-12-10-11-13-19(18)29-24(22)32-25(34)20(14-17(2)3)30-26(35)38-27(4,5)6;1-6-31-12-18-26-19-20(28(18)13-23(4,5)30)15-9-7-8-10-17(15)25-21(19)27-22(29)16(24)11-14(2)3/h10-13,17,20,36H,9,14-16H2,1-8H3,(H,30,35)(H,29,32,34);7-10,14,16,30H,6,11-13,24H2,1-5H3,(H,25,27,29)/t20-;16-/m00/s1. The van der Waals surface area contributed by atoms with Crippen LogP contribution >= 0.6 is 0 Å². The van der Waals surface area contributed by atoms with E-state index in [1.165, 1.54) is 0 Å². The molecule has 0 aliphatic heterocycles. The molecule has 0 spiro atoms. The van der Waals surface area contributed by atoms with Crippen molar-refractivity contribution in [2.24, 2.45) is 17.6 Å². The highest BCUT2D eigenvalue weighted by atomic mass is 16.6. The molecule has 69 heavy (non-hydrogen) atoms. The van der Waals surface area contributed by atoms with E-state index in [0.29, 0.717) is 72.5 Å². The van der Waals surface area contributed by atoms with Gasteiger partial charge in [-0.3, -0.25) is 9.59 Å². The summed E-state index contributed by atoms with van der Waals surface area (Å²) in [6.07, 6.45) is 0.318. The number of fused-ring (bicyclic) bond motifs is 6. The quantitative estimate of drug-likeness (QED) is 0.0452. The number of benzene rings is 2. The number of hydrogen-bond acceptors (Lipinski definition) is 13. The van der Waals surface area contributed by atoms with Crippen molar-refractivity contribution in [2.75, 3.05) is 23.8 Å². The number of carbonyl (C=O) groups excluding carboxylic acids is 3. The SMILES string of the molecule is CCOCc1nc2c(NC(=O)[C@@H](N)CC(C)C)nc3ccccc3c2n1CC(C)(C)O.CCOCc1nc2c(NC(=O)[C@H](CC(C)C)NC(=O)OC(C)(C)C)nc3ccccc3c2n1CC(C)(C)O. The number of anilines is 2. The van der Waals surface area contributed by atoms with Crippen LogP contribution in [0.4, 0.5) is 16.4 Å². The summed E-state index contributed by atoms with van der Waals surface area (Å²) in [5, 5.41) is 31.5. The fourth-order valence-electron chi connectivity index (χ4n) is 7.84. The van der Waals surface area contributed by atoms with Gasteiger partial charge in [0.25, 0.3) is 0 Å². The Balaban J connectivity index is 0.000000263. The van der Waals surface area contributed by atoms with E-state index in [1.807, 2.05) is 99.2 Å². The summed E-state index contributed by atoms with van der Waals surface area (Å²) in [7, 11) is 0. The molecule has 0 unspecified atom stereocenters. The van der Waals surface area contributed by atoms with Crippen molar-refractivity contribution < 1.29 is 38.8 Å². The molecule has 18 nitrogen and oxygen atoms in total. The topological polar surface area (TPSA) is 243 Å². The lowest BCUT2D eigenvalue weighted by Crippen LogP contribution is -2.46. The number of aliphatic hydroxyl groups is 2. The van der Waals surface area contributed by atoms with Crippen LogP contribution in [0.25, 0.3) is 43.9 Å². The maximum Gasteiger partial charge on any atom is 0.408 e. The molecular weight excluding hydrogens is 881 g/mol. The fourth-order valence-corrected chi connectivity index (χ4v) is 7.84. The van der Waals surface area contributed by atoms with Crippen molar-refractivity contribution in [3.8, 4) is 0 Å². The number of nitrogens with one attached hydrogen (secondary N) is 3. The third kappa shape index (κ3) is 14.9. The second-order valence-corrected chi connectivity index (χ2v) is 20.5. The minimum atomic E-state index is -1.03. The van der Waals surface area contributed by atoms with Gasteiger partial charge in [0.1, 0.15) is 47.5 Å². The molecule has 2 aromatic carbocycles. The molecule has 0 saturated heterocycles. The molecule has 3 amide bonds. The number of carbonyl (C=O) groups is 3. The van der Waals surface area contributed by atoms with E-state index >= 15 is 0 Å². The number of amides is 3. The van der Waals surface area contributed by atoms with Crippen LogP contribution in [-0.2, 0) is 50.1 Å². The molecule has 4 heterocycles. The molecule has 376 valence electrons. The molecule has 0 bridgehead atoms. The molecule has 0 aliphatic rings. The minimum absolute atomic E-state index is 0.133. The lowest BCUT2D eigenvalue weighted by Gasteiger charge is -2.24. The summed E-state index contributed by atoms with van der Waals surface area (Å²) in [5.41, 5.74) is 7.37. The first-order chi connectivity index (χ1) is 32.3. The van der Waals surface area contributed by atoms with Gasteiger partial charge >= 0.3 is 6.09 Å². The van der Waals surface area contributed by atoms with Gasteiger partial charge in [-0.25, -0.2) is 24.7 Å². The Labute approximate surface area is 405 Å². The molecule has 0 fully saturated rings. The van der Waals surface area contributed by atoms with Gasteiger partial charge in [0, 0.05) is 24.0 Å². The summed E-state index contributed by atoms with van der Waals surface area (Å²) in [4.78, 5) is 57.7. The highest BCUT2D eigenvalue weighted by Gasteiger charge is 2.29. The van der Waals surface area contributed by atoms with Crippen molar-refractivity contribution in [1.82, 2.24) is 34.4 Å². The van der Waals surface area contributed by atoms with E-state index < -0.39 is 40.9 Å². The Morgan fingerprint density at radius 3 is 1.46 bits per heavy atom. The first-order valence-electron chi connectivity index (χ1n) is 23.8. The third-order valence-corrected chi connectivity index (χ3v) is 10.5. The Morgan fingerprint density at radius 2 is 1.07 bits per heavy atom. The molecule has 6 rings (SSSR count). The number of nitrogens with two attached hydrogens (primary N) is 1. The Morgan fingerprint density at radius 1 is 0.652 bits per heavy atom. The van der Waals surface area contributed by atoms with Gasteiger partial charge in [-0.1, -0.05) is 64.1 Å². The number of pyridine rings is 2. The van der Waals surface area contributed by atoms with Gasteiger partial charge in [-0.15, -0.1) is 0 Å². The number of para-hydroxylation sites is 2. The molecule has 2 atom stereocenters. The van der Waals surface area contributed by atoms with Crippen LogP contribution in [0.3, 0.4) is 0 Å². The predicted octanol–water partition coefficient (Wildman–Crippen LogP) is 7.97. The summed E-state index contributed by atoms with van der Waals surface area (Å²) >= 11 is 0. The van der Waals surface area contributed by atoms with E-state index in [-0.39, 0.29) is 37.4 Å². The average molecular weight is 955 g/mol. The van der Waals surface area contributed by atoms with Crippen molar-refractivity contribution in [3.05, 3.63) is 60.2 Å². The van der Waals surface area contributed by atoms with Crippen LogP contribution in [0.5, 0.6) is 0 Å². The van der Waals surface area contributed by atoms with Gasteiger partial charge in [-0.2, -0.15) is 0 Å². The molecule has 18 heteroatoms. The number of imidazole rings is 2. The second kappa shape index (κ2) is 22.8. The van der Waals surface area contributed by atoms with E-state index in [2.05, 4.69) is 20.9 Å². The molecule has 7 N–H and O–H groups in total. The van der Waals surface area contributed by atoms with Crippen LogP contribution in [0.2, 0.25) is 0 Å². The van der Waals surface area contributed by atoms with Gasteiger partial charge < -0.3 is 55.2 Å². The normalized spacial score (nSPS) is 13.2. The lowest BCUT2D eigenvalue weighted by atomic mass is 10.0. The average Bonchev–Trinajstić information content (AvgIpc) is 3.77. The zero-order chi connectivity index (χ0) is 51.0. The third-order valence-electron chi connectivity index (χ3n) is 10.5. The Bertz CT molecular complexity index is 2730. The van der Waals surface area contributed by atoms with Crippen molar-refractivity contribution in [2.45, 2.75) is 158 Å². The molecule has 6 aromatic rings. The van der Waals surface area contributed by atoms with Crippen molar-refractivity contribution >= 4 is 73.4 Å². The molecule has 4 aromatic heterocycles. The number of nitrogens with zero attached hydrogens (tertiary/aromatic N) is 6. The van der Waals surface area contributed by atoms with Crippen LogP contribution in [0.1, 0.15) is 114 Å². The summed E-state index contributed by atoms with van der Waals surface area (Å²) < 4.78 is 20.6. The predicted molar refractivity (Wildman–Crippen MR) is 271 cm³/mol. The molecular formula is C51H74N10O8. The van der Waals surface area contributed by atoms with Crippen molar-refractivity contribution in [3.63, 3.8) is 0 Å². The smallest absolute Gasteiger partial charge is 0.408 e. The maximum atomic E-state index is 13.5. The zero-order valence-electron chi connectivity index (χ0n) is 42.7. The number of ether oxygens (including phenoxy) is 3. The van der Waals surface area contributed by atoms with E-state index in [0.717, 1.165) is 27.3 Å². The van der Waals surface area contributed by atoms with Crippen molar-refractivity contribution in [1.29, 1.82) is 0 Å². The Kier molecular flexibility index (Phi) is 17.9. The van der Waals surface area contributed by atoms with Crippen LogP contribution in [0, 0.1) is 11.8 Å². The first-order valence-corrected chi connectivity index (χ1v) is 23.8. The maximum absolute atomic E-state index is 13.5. The number of aromatic nitrogens is 6. The first kappa shape index (κ1) is 54.2. The van der Waals surface area contributed by atoms with Gasteiger partial charge in [0.05, 0.1) is 52.4 Å². The van der Waals surface area contributed by atoms with E-state index in [1.54, 1.807) is 48.5 Å². The van der Waals surface area contributed by atoms with E-state index in [9.17, 15) is 24.6 Å². The molecule has 0 saturated carbocycles. The largest absolute Gasteiger partial charge is 0.444 e. The summed E-state index contributed by atoms with van der Waals surface area (Å²) in [5.74, 6) is 1.64. The number of alkyl carbamates (subject to hydrolysis) is 1. The highest BCUT2D eigenvalue weighted by molar-refractivity contribution is 6.11. The zero-order valence-corrected chi connectivity index (χ0v) is 42.7. The van der Waals surface area contributed by atoms with Gasteiger partial charge in [0.15, 0.2) is 11.6 Å². The van der Waals surface area contributed by atoms with Gasteiger partial charge in [0.2, 0.25) is 11.8 Å². The lowest BCUT2D eigenvalue weighted by molar-refractivity contribution is -0.119. The summed E-state index contributed by atoms with van der Waals surface area (Å²) in [6, 6.07) is 13.8. The number of rotatable bonds is 19. The molecule has 0 radical (unpaired) electrons. The van der Waals surface area contributed by atoms with Crippen LogP contribution in [0.15, 0.2) is 48.5 Å². The molecule has 0 aliphatic carbocycles. The number of hydrogen-bond donors (Lipinski definition) is 6. The van der Waals surface area contributed by atoms with E-state index in [4.69, 9.17) is 34.9 Å².